The lowest BCUT2D eigenvalue weighted by atomic mass is 10.1. The summed E-state index contributed by atoms with van der Waals surface area (Å²) in [6, 6.07) is 13.5. The average Bonchev–Trinajstić information content (AvgIpc) is 3.42. The molecule has 0 aliphatic heterocycles. The number of nitrogens with zero attached hydrogens (tertiary/aromatic N) is 5. The topological polar surface area (TPSA) is 89.7 Å². The smallest absolute Gasteiger partial charge is 0.256 e. The number of hydrogen-bond donors (Lipinski definition) is 2. The van der Waals surface area contributed by atoms with Crippen molar-refractivity contribution in [3.8, 4) is 11.1 Å². The molecule has 0 saturated heterocycles. The Balaban J connectivity index is 1.55. The summed E-state index contributed by atoms with van der Waals surface area (Å²) in [5, 5.41) is 11.5. The van der Waals surface area contributed by atoms with Crippen LogP contribution in [-0.2, 0) is 14.1 Å². The van der Waals surface area contributed by atoms with Crippen molar-refractivity contribution in [1.82, 2.24) is 24.3 Å². The van der Waals surface area contributed by atoms with Crippen molar-refractivity contribution in [2.45, 2.75) is 6.92 Å². The van der Waals surface area contributed by atoms with Crippen LogP contribution in [0.15, 0.2) is 73.4 Å². The summed E-state index contributed by atoms with van der Waals surface area (Å²) in [6.07, 6.45) is 8.99. The van der Waals surface area contributed by atoms with E-state index in [4.69, 9.17) is 0 Å². The molecule has 0 bridgehead atoms. The second-order valence-corrected chi connectivity index (χ2v) is 7.94. The van der Waals surface area contributed by atoms with Gasteiger partial charge in [-0.3, -0.25) is 9.48 Å². The van der Waals surface area contributed by atoms with Gasteiger partial charge in [0, 0.05) is 61.1 Å². The van der Waals surface area contributed by atoms with Gasteiger partial charge in [0.25, 0.3) is 5.91 Å². The zero-order valence-corrected chi connectivity index (χ0v) is 18.6. The third-order valence-electron chi connectivity index (χ3n) is 5.58. The molecule has 0 spiro atoms. The normalized spacial score (nSPS) is 11.0. The van der Waals surface area contributed by atoms with Gasteiger partial charge >= 0.3 is 0 Å². The quantitative estimate of drug-likeness (QED) is 0.417. The van der Waals surface area contributed by atoms with Crippen LogP contribution in [-0.4, -0.2) is 30.2 Å². The molecule has 4 heterocycles. The fraction of sp³-hybridized carbons (Fsp3) is 0.120. The van der Waals surface area contributed by atoms with Crippen LogP contribution in [0.2, 0.25) is 0 Å². The van der Waals surface area contributed by atoms with E-state index < -0.39 is 0 Å². The summed E-state index contributed by atoms with van der Waals surface area (Å²) < 4.78 is 3.62. The maximum absolute atomic E-state index is 13.3. The predicted molar refractivity (Wildman–Crippen MR) is 130 cm³/mol. The van der Waals surface area contributed by atoms with Gasteiger partial charge in [-0.05, 0) is 36.8 Å². The molecule has 0 saturated carbocycles. The van der Waals surface area contributed by atoms with Crippen LogP contribution in [0.25, 0.3) is 22.2 Å². The number of carbonyl (C=O) groups is 1. The molecule has 8 heteroatoms. The molecule has 5 aromatic rings. The van der Waals surface area contributed by atoms with E-state index in [1.807, 2.05) is 74.4 Å². The Kier molecular flexibility index (Phi) is 5.10. The zero-order chi connectivity index (χ0) is 22.9. The van der Waals surface area contributed by atoms with Gasteiger partial charge in [0.15, 0.2) is 5.82 Å². The van der Waals surface area contributed by atoms with E-state index in [2.05, 4.69) is 25.7 Å². The molecule has 164 valence electrons. The molecule has 0 aliphatic carbocycles. The second-order valence-electron chi connectivity index (χ2n) is 7.94. The van der Waals surface area contributed by atoms with Gasteiger partial charge in [-0.25, -0.2) is 9.97 Å². The Morgan fingerprint density at radius 3 is 2.61 bits per heavy atom. The van der Waals surface area contributed by atoms with Crippen molar-refractivity contribution in [3.05, 3.63) is 84.6 Å². The largest absolute Gasteiger partial charge is 0.338 e. The van der Waals surface area contributed by atoms with E-state index in [1.165, 1.54) is 0 Å². The number of amides is 1. The van der Waals surface area contributed by atoms with Crippen LogP contribution in [0.4, 0.5) is 17.2 Å². The van der Waals surface area contributed by atoms with E-state index in [0.717, 1.165) is 33.4 Å². The van der Waals surface area contributed by atoms with Gasteiger partial charge in [0.1, 0.15) is 5.65 Å². The summed E-state index contributed by atoms with van der Waals surface area (Å²) in [7, 11) is 3.77. The van der Waals surface area contributed by atoms with Gasteiger partial charge in [0.2, 0.25) is 0 Å². The maximum atomic E-state index is 13.3. The molecule has 1 aromatic carbocycles. The zero-order valence-electron chi connectivity index (χ0n) is 18.6. The SMILES string of the molecule is Cc1ccccc1Nc1ncc(-c2cnn(C)c2)cc1NC(=O)c1ccnc2c1ccn2C. The fourth-order valence-corrected chi connectivity index (χ4v) is 3.78. The van der Waals surface area contributed by atoms with Crippen LogP contribution in [0.3, 0.4) is 0 Å². The number of aryl methyl sites for hydroxylation is 3. The molecule has 0 unspecified atom stereocenters. The number of carbonyl (C=O) groups excluding carboxylic acids is 1. The molecule has 0 radical (unpaired) electrons. The van der Waals surface area contributed by atoms with Crippen LogP contribution < -0.4 is 10.6 Å². The number of anilines is 3. The lowest BCUT2D eigenvalue weighted by Crippen LogP contribution is -2.14. The number of benzene rings is 1. The van der Waals surface area contributed by atoms with Crippen LogP contribution in [0.5, 0.6) is 0 Å². The number of para-hydroxylation sites is 1. The first-order chi connectivity index (χ1) is 16.0. The van der Waals surface area contributed by atoms with Crippen LogP contribution in [0, 0.1) is 6.92 Å². The predicted octanol–water partition coefficient (Wildman–Crippen LogP) is 4.67. The van der Waals surface area contributed by atoms with Crippen LogP contribution >= 0.6 is 0 Å². The third kappa shape index (κ3) is 3.94. The number of pyridine rings is 2. The molecule has 5 rings (SSSR count). The van der Waals surface area contributed by atoms with E-state index in [1.54, 1.807) is 29.3 Å². The van der Waals surface area contributed by atoms with Gasteiger partial charge in [-0.1, -0.05) is 18.2 Å². The molecule has 8 nitrogen and oxygen atoms in total. The average molecular weight is 438 g/mol. The Morgan fingerprint density at radius 2 is 1.82 bits per heavy atom. The van der Waals surface area contributed by atoms with Crippen molar-refractivity contribution in [2.24, 2.45) is 14.1 Å². The first kappa shape index (κ1) is 20.4. The first-order valence-corrected chi connectivity index (χ1v) is 10.5. The molecule has 0 atom stereocenters. The van der Waals surface area contributed by atoms with Crippen molar-refractivity contribution in [2.75, 3.05) is 10.6 Å². The van der Waals surface area contributed by atoms with Crippen molar-refractivity contribution in [3.63, 3.8) is 0 Å². The lowest BCUT2D eigenvalue weighted by Gasteiger charge is -2.15. The number of nitrogens with one attached hydrogen (secondary N) is 2. The highest BCUT2D eigenvalue weighted by Gasteiger charge is 2.16. The Bertz CT molecular complexity index is 1480. The Morgan fingerprint density at radius 1 is 0.970 bits per heavy atom. The van der Waals surface area contributed by atoms with Gasteiger partial charge in [-0.15, -0.1) is 0 Å². The highest BCUT2D eigenvalue weighted by Crippen LogP contribution is 2.30. The molecule has 0 fully saturated rings. The standard InChI is InChI=1S/C25H23N7O/c1-16-6-4-5-7-21(16)29-23-22(12-17(13-27-23)18-14-28-32(3)15-18)30-25(33)20-8-10-26-24-19(20)9-11-31(24)2/h4-15H,1-3H3,(H,27,29)(H,30,33). The van der Waals surface area contributed by atoms with Gasteiger partial charge in [-0.2, -0.15) is 5.10 Å². The van der Waals surface area contributed by atoms with Crippen LogP contribution in [0.1, 0.15) is 15.9 Å². The lowest BCUT2D eigenvalue weighted by molar-refractivity contribution is 0.102. The Labute approximate surface area is 190 Å². The highest BCUT2D eigenvalue weighted by atomic mass is 16.1. The van der Waals surface area contributed by atoms with Gasteiger partial charge < -0.3 is 15.2 Å². The molecule has 33 heavy (non-hydrogen) atoms. The van der Waals surface area contributed by atoms with Crippen molar-refractivity contribution in [1.29, 1.82) is 0 Å². The maximum Gasteiger partial charge on any atom is 0.256 e. The molecule has 2 N–H and O–H groups in total. The molecule has 0 aliphatic rings. The fourth-order valence-electron chi connectivity index (χ4n) is 3.78. The minimum atomic E-state index is -0.230. The molecular weight excluding hydrogens is 414 g/mol. The van der Waals surface area contributed by atoms with E-state index in [-0.39, 0.29) is 5.91 Å². The number of aromatic nitrogens is 5. The minimum Gasteiger partial charge on any atom is -0.338 e. The number of hydrogen-bond acceptors (Lipinski definition) is 5. The molecule has 1 amide bonds. The number of fused-ring (bicyclic) bond motifs is 1. The second kappa shape index (κ2) is 8.23. The molecule has 4 aromatic heterocycles. The van der Waals surface area contributed by atoms with Crippen molar-refractivity contribution >= 4 is 34.1 Å². The highest BCUT2D eigenvalue weighted by molar-refractivity contribution is 6.13. The summed E-state index contributed by atoms with van der Waals surface area (Å²) in [5.74, 6) is 0.329. The summed E-state index contributed by atoms with van der Waals surface area (Å²) in [5.41, 5.74) is 5.64. The third-order valence-corrected chi connectivity index (χ3v) is 5.58. The summed E-state index contributed by atoms with van der Waals surface area (Å²) >= 11 is 0. The van der Waals surface area contributed by atoms with Gasteiger partial charge in [0.05, 0.1) is 17.4 Å². The minimum absolute atomic E-state index is 0.230. The van der Waals surface area contributed by atoms with E-state index in [0.29, 0.717) is 17.1 Å². The van der Waals surface area contributed by atoms with Crippen molar-refractivity contribution < 1.29 is 4.79 Å². The van der Waals surface area contributed by atoms with E-state index >= 15 is 0 Å². The molecular formula is C25H23N7O. The summed E-state index contributed by atoms with van der Waals surface area (Å²) in [4.78, 5) is 22.4. The summed E-state index contributed by atoms with van der Waals surface area (Å²) in [6.45, 7) is 2.02. The van der Waals surface area contributed by atoms with E-state index in [9.17, 15) is 4.79 Å². The Hall–Kier alpha value is -4.46. The first-order valence-electron chi connectivity index (χ1n) is 10.5. The monoisotopic (exact) mass is 437 g/mol. The number of rotatable bonds is 5.